The second-order valence-corrected chi connectivity index (χ2v) is 7.60. The summed E-state index contributed by atoms with van der Waals surface area (Å²) in [4.78, 5) is 8.40. The molecule has 0 aliphatic heterocycles. The zero-order valence-corrected chi connectivity index (χ0v) is 15.9. The van der Waals surface area contributed by atoms with Crippen molar-refractivity contribution in [2.45, 2.75) is 38.0 Å². The standard InChI is InChI=1S/C21H24N4S/c1-22-21-25(24-14-19-8-5-13-23-19)20(15-26-21)18-11-9-17(10-12-18)16-6-3-2-4-7-16/h5,8-16,23H,2-4,6-7H2,1H3. The molecule has 4 nitrogen and oxygen atoms in total. The summed E-state index contributed by atoms with van der Waals surface area (Å²) in [6.07, 6.45) is 10.5. The quantitative estimate of drug-likeness (QED) is 0.633. The molecule has 4 rings (SSSR count). The van der Waals surface area contributed by atoms with Gasteiger partial charge >= 0.3 is 0 Å². The van der Waals surface area contributed by atoms with Gasteiger partial charge in [0.25, 0.3) is 0 Å². The van der Waals surface area contributed by atoms with E-state index < -0.39 is 0 Å². The minimum absolute atomic E-state index is 0.736. The molecule has 1 aromatic carbocycles. The first-order valence-corrected chi connectivity index (χ1v) is 10.1. The van der Waals surface area contributed by atoms with Gasteiger partial charge in [0.2, 0.25) is 4.80 Å². The fraction of sp³-hybridized carbons (Fsp3) is 0.333. The highest BCUT2D eigenvalue weighted by atomic mass is 32.1. The SMILES string of the molecule is CN=c1scc(-c2ccc(C3CCCCC3)cc2)n1N=Cc1ccc[nH]1. The number of hydrogen-bond acceptors (Lipinski definition) is 3. The summed E-state index contributed by atoms with van der Waals surface area (Å²) in [5, 5.41) is 6.77. The maximum absolute atomic E-state index is 4.65. The molecule has 0 atom stereocenters. The number of rotatable bonds is 4. The summed E-state index contributed by atoms with van der Waals surface area (Å²) >= 11 is 1.61. The molecule has 5 heteroatoms. The number of H-pyrrole nitrogens is 1. The van der Waals surface area contributed by atoms with Crippen LogP contribution in [0.15, 0.2) is 58.1 Å². The smallest absolute Gasteiger partial charge is 0.205 e. The third-order valence-electron chi connectivity index (χ3n) is 5.09. The molecule has 0 bridgehead atoms. The van der Waals surface area contributed by atoms with Gasteiger partial charge in [0.15, 0.2) is 0 Å². The summed E-state index contributed by atoms with van der Waals surface area (Å²) in [5.41, 5.74) is 4.71. The molecule has 1 aliphatic carbocycles. The Kier molecular flexibility index (Phi) is 5.16. The van der Waals surface area contributed by atoms with Crippen molar-refractivity contribution in [2.24, 2.45) is 10.1 Å². The first-order chi connectivity index (χ1) is 12.8. The molecule has 134 valence electrons. The molecule has 0 amide bonds. The Morgan fingerprint density at radius 1 is 1.12 bits per heavy atom. The van der Waals surface area contributed by atoms with E-state index in [0.29, 0.717) is 0 Å². The summed E-state index contributed by atoms with van der Waals surface area (Å²) in [6, 6.07) is 13.0. The van der Waals surface area contributed by atoms with E-state index in [9.17, 15) is 0 Å². The van der Waals surface area contributed by atoms with E-state index in [4.69, 9.17) is 0 Å². The lowest BCUT2D eigenvalue weighted by atomic mass is 9.84. The number of aromatic nitrogens is 2. The van der Waals surface area contributed by atoms with E-state index >= 15 is 0 Å². The Bertz CT molecular complexity index is 923. The summed E-state index contributed by atoms with van der Waals surface area (Å²) < 4.78 is 1.92. The van der Waals surface area contributed by atoms with E-state index in [1.165, 1.54) is 43.2 Å². The van der Waals surface area contributed by atoms with Crippen molar-refractivity contribution in [3.8, 4) is 11.3 Å². The van der Waals surface area contributed by atoms with Crippen molar-refractivity contribution in [2.75, 3.05) is 7.05 Å². The molecule has 1 fully saturated rings. The van der Waals surface area contributed by atoms with E-state index in [-0.39, 0.29) is 0 Å². The predicted octanol–water partition coefficient (Wildman–Crippen LogP) is 5.01. The van der Waals surface area contributed by atoms with Crippen LogP contribution in [-0.4, -0.2) is 22.9 Å². The lowest BCUT2D eigenvalue weighted by molar-refractivity contribution is 0.443. The molecule has 3 aromatic rings. The average Bonchev–Trinajstić information content (AvgIpc) is 3.36. The van der Waals surface area contributed by atoms with Crippen LogP contribution in [0, 0.1) is 0 Å². The van der Waals surface area contributed by atoms with Gasteiger partial charge in [0.05, 0.1) is 17.6 Å². The molecular weight excluding hydrogens is 340 g/mol. The monoisotopic (exact) mass is 364 g/mol. The van der Waals surface area contributed by atoms with Crippen LogP contribution in [0.1, 0.15) is 49.3 Å². The molecule has 0 saturated heterocycles. The fourth-order valence-corrected chi connectivity index (χ4v) is 4.47. The van der Waals surface area contributed by atoms with Gasteiger partial charge in [-0.15, -0.1) is 11.3 Å². The van der Waals surface area contributed by atoms with Crippen molar-refractivity contribution in [3.05, 3.63) is 64.0 Å². The largest absolute Gasteiger partial charge is 0.360 e. The van der Waals surface area contributed by atoms with E-state index in [1.54, 1.807) is 11.3 Å². The first kappa shape index (κ1) is 17.0. The second-order valence-electron chi connectivity index (χ2n) is 6.77. The zero-order chi connectivity index (χ0) is 17.8. The molecule has 2 aromatic heterocycles. The molecule has 1 N–H and O–H groups in total. The van der Waals surface area contributed by atoms with E-state index in [0.717, 1.165) is 22.1 Å². The first-order valence-electron chi connectivity index (χ1n) is 9.26. The molecular formula is C21H24N4S. The molecule has 1 aliphatic rings. The van der Waals surface area contributed by atoms with Crippen LogP contribution in [0.25, 0.3) is 11.3 Å². The van der Waals surface area contributed by atoms with Gasteiger partial charge in [0.1, 0.15) is 0 Å². The van der Waals surface area contributed by atoms with Crippen molar-refractivity contribution in [3.63, 3.8) is 0 Å². The van der Waals surface area contributed by atoms with Crippen molar-refractivity contribution in [1.29, 1.82) is 0 Å². The van der Waals surface area contributed by atoms with Crippen LogP contribution in [-0.2, 0) is 0 Å². The van der Waals surface area contributed by atoms with Crippen LogP contribution < -0.4 is 4.80 Å². The number of aromatic amines is 1. The summed E-state index contributed by atoms with van der Waals surface area (Å²) in [6.45, 7) is 0. The number of hydrogen-bond donors (Lipinski definition) is 1. The third kappa shape index (κ3) is 3.58. The Labute approximate surface area is 157 Å². The number of nitrogens with one attached hydrogen (secondary N) is 1. The second kappa shape index (κ2) is 7.87. The van der Waals surface area contributed by atoms with Crippen molar-refractivity contribution in [1.82, 2.24) is 9.66 Å². The molecule has 0 spiro atoms. The van der Waals surface area contributed by atoms with Crippen molar-refractivity contribution < 1.29 is 0 Å². The number of thiazole rings is 1. The van der Waals surface area contributed by atoms with Crippen molar-refractivity contribution >= 4 is 17.6 Å². The van der Waals surface area contributed by atoms with Crippen LogP contribution >= 0.6 is 11.3 Å². The third-order valence-corrected chi connectivity index (χ3v) is 6.00. The predicted molar refractivity (Wildman–Crippen MR) is 109 cm³/mol. The molecule has 1 saturated carbocycles. The maximum atomic E-state index is 4.65. The topological polar surface area (TPSA) is 45.4 Å². The minimum atomic E-state index is 0.736. The summed E-state index contributed by atoms with van der Waals surface area (Å²) in [7, 11) is 1.81. The van der Waals surface area contributed by atoms with Gasteiger partial charge in [-0.05, 0) is 36.5 Å². The van der Waals surface area contributed by atoms with Crippen LogP contribution in [0.5, 0.6) is 0 Å². The molecule has 0 unspecified atom stereocenters. The Morgan fingerprint density at radius 3 is 2.62 bits per heavy atom. The highest BCUT2D eigenvalue weighted by Crippen LogP contribution is 2.33. The summed E-state index contributed by atoms with van der Waals surface area (Å²) in [5.74, 6) is 0.736. The number of nitrogens with zero attached hydrogens (tertiary/aromatic N) is 3. The lowest BCUT2D eigenvalue weighted by Gasteiger charge is -2.22. The van der Waals surface area contributed by atoms with Gasteiger partial charge in [-0.2, -0.15) is 5.10 Å². The molecule has 0 radical (unpaired) electrons. The highest BCUT2D eigenvalue weighted by Gasteiger charge is 2.15. The maximum Gasteiger partial charge on any atom is 0.205 e. The van der Waals surface area contributed by atoms with E-state index in [1.807, 2.05) is 36.3 Å². The Hall–Kier alpha value is -2.40. The Morgan fingerprint density at radius 2 is 1.92 bits per heavy atom. The molecule has 2 heterocycles. The lowest BCUT2D eigenvalue weighted by Crippen LogP contribution is -2.11. The number of benzene rings is 1. The van der Waals surface area contributed by atoms with E-state index in [2.05, 4.69) is 44.7 Å². The minimum Gasteiger partial charge on any atom is -0.360 e. The van der Waals surface area contributed by atoms with Gasteiger partial charge in [-0.25, -0.2) is 4.68 Å². The molecule has 26 heavy (non-hydrogen) atoms. The van der Waals surface area contributed by atoms with Gasteiger partial charge in [-0.3, -0.25) is 4.99 Å². The van der Waals surface area contributed by atoms with Gasteiger partial charge in [0, 0.05) is 24.2 Å². The zero-order valence-electron chi connectivity index (χ0n) is 15.1. The van der Waals surface area contributed by atoms with Gasteiger partial charge < -0.3 is 4.98 Å². The normalized spacial score (nSPS) is 16.6. The van der Waals surface area contributed by atoms with Crippen LogP contribution in [0.3, 0.4) is 0 Å². The fourth-order valence-electron chi connectivity index (χ4n) is 3.67. The average molecular weight is 365 g/mol. The van der Waals surface area contributed by atoms with Crippen LogP contribution in [0.4, 0.5) is 0 Å². The van der Waals surface area contributed by atoms with Crippen LogP contribution in [0.2, 0.25) is 0 Å². The van der Waals surface area contributed by atoms with Gasteiger partial charge in [-0.1, -0.05) is 43.5 Å². The highest BCUT2D eigenvalue weighted by molar-refractivity contribution is 7.07. The Balaban J connectivity index is 1.64.